The topological polar surface area (TPSA) is 97.0 Å². The van der Waals surface area contributed by atoms with E-state index in [1.165, 1.54) is 11.8 Å². The number of halogens is 1. The number of unbranched alkanes of at least 4 members (excludes halogenated alkanes) is 2. The minimum atomic E-state index is -0.418. The number of fused-ring (bicyclic) bond motifs is 1. The molecule has 0 radical (unpaired) electrons. The molecule has 11 heteroatoms. The van der Waals surface area contributed by atoms with Crippen molar-refractivity contribution in [2.45, 2.75) is 25.7 Å². The van der Waals surface area contributed by atoms with Crippen LogP contribution in [0.25, 0.3) is 6.08 Å². The Kier molecular flexibility index (Phi) is 8.27. The summed E-state index contributed by atoms with van der Waals surface area (Å²) in [5.74, 6) is 0.512. The van der Waals surface area contributed by atoms with Gasteiger partial charge in [0.25, 0.3) is 11.8 Å². The number of benzene rings is 2. The van der Waals surface area contributed by atoms with Crippen molar-refractivity contribution in [3.63, 3.8) is 0 Å². The molecule has 0 bridgehead atoms. The summed E-state index contributed by atoms with van der Waals surface area (Å²) in [6, 6.07) is 11.9. The van der Waals surface area contributed by atoms with Crippen molar-refractivity contribution in [1.82, 2.24) is 15.8 Å². The van der Waals surface area contributed by atoms with Crippen molar-refractivity contribution >= 4 is 63.7 Å². The monoisotopic (exact) mass is 531 g/mol. The fourth-order valence-electron chi connectivity index (χ4n) is 3.44. The lowest BCUT2D eigenvalue weighted by molar-refractivity contribution is -0.123. The molecule has 4 rings (SSSR count). The van der Waals surface area contributed by atoms with Crippen molar-refractivity contribution in [2.24, 2.45) is 0 Å². The smallest absolute Gasteiger partial charge is 0.269 e. The molecule has 2 aliphatic heterocycles. The summed E-state index contributed by atoms with van der Waals surface area (Å²) in [7, 11) is 0. The van der Waals surface area contributed by atoms with Gasteiger partial charge in [0.2, 0.25) is 12.7 Å². The van der Waals surface area contributed by atoms with E-state index in [1.54, 1.807) is 35.2 Å². The highest BCUT2D eigenvalue weighted by Gasteiger charge is 2.31. The lowest BCUT2D eigenvalue weighted by atomic mass is 10.1. The van der Waals surface area contributed by atoms with Crippen LogP contribution in [0.5, 0.6) is 11.5 Å². The van der Waals surface area contributed by atoms with Gasteiger partial charge in [0.15, 0.2) is 11.5 Å². The first-order valence-electron chi connectivity index (χ1n) is 10.9. The maximum Gasteiger partial charge on any atom is 0.269 e. The number of rotatable bonds is 8. The zero-order valence-electron chi connectivity index (χ0n) is 18.5. The van der Waals surface area contributed by atoms with Gasteiger partial charge in [-0.25, -0.2) is 0 Å². The fourth-order valence-corrected chi connectivity index (χ4v) is 4.88. The summed E-state index contributed by atoms with van der Waals surface area (Å²) < 4.78 is 11.2. The lowest BCUT2D eigenvalue weighted by Gasteiger charge is -2.14. The second-order valence-corrected chi connectivity index (χ2v) is 9.88. The van der Waals surface area contributed by atoms with Gasteiger partial charge in [-0.2, -0.15) is 0 Å². The molecule has 0 saturated carbocycles. The molecule has 182 valence electrons. The largest absolute Gasteiger partial charge is 0.454 e. The first-order valence-corrected chi connectivity index (χ1v) is 12.5. The summed E-state index contributed by atoms with van der Waals surface area (Å²) in [5, 5.41) is 0.525. The Morgan fingerprint density at radius 1 is 1.06 bits per heavy atom. The third-order valence-electron chi connectivity index (χ3n) is 5.28. The van der Waals surface area contributed by atoms with Crippen LogP contribution in [0, 0.1) is 0 Å². The molecule has 2 heterocycles. The van der Waals surface area contributed by atoms with Crippen molar-refractivity contribution in [2.75, 3.05) is 13.3 Å². The highest BCUT2D eigenvalue weighted by molar-refractivity contribution is 8.26. The quantitative estimate of drug-likeness (QED) is 0.227. The normalized spacial score (nSPS) is 15.6. The first-order chi connectivity index (χ1) is 16.9. The average molecular weight is 532 g/mol. The van der Waals surface area contributed by atoms with E-state index in [2.05, 4.69) is 10.9 Å². The molecule has 0 atom stereocenters. The van der Waals surface area contributed by atoms with Crippen LogP contribution in [0.3, 0.4) is 0 Å². The third kappa shape index (κ3) is 6.53. The Bertz CT molecular complexity index is 1190. The first kappa shape index (κ1) is 25.0. The van der Waals surface area contributed by atoms with Crippen molar-refractivity contribution in [3.05, 3.63) is 63.5 Å². The van der Waals surface area contributed by atoms with Crippen LogP contribution in [-0.4, -0.2) is 40.3 Å². The molecule has 2 aromatic carbocycles. The fraction of sp³-hybridized carbons (Fsp3) is 0.250. The molecule has 0 spiro atoms. The molecule has 0 aromatic heterocycles. The van der Waals surface area contributed by atoms with Gasteiger partial charge in [-0.15, -0.1) is 0 Å². The van der Waals surface area contributed by atoms with E-state index in [9.17, 15) is 14.4 Å². The number of amides is 3. The Hall–Kier alpha value is -3.08. The van der Waals surface area contributed by atoms with Crippen LogP contribution < -0.4 is 20.3 Å². The van der Waals surface area contributed by atoms with Gasteiger partial charge in [-0.1, -0.05) is 48.1 Å². The molecule has 0 unspecified atom stereocenters. The second kappa shape index (κ2) is 11.6. The van der Waals surface area contributed by atoms with E-state index in [0.717, 1.165) is 12.0 Å². The van der Waals surface area contributed by atoms with Crippen LogP contribution in [0.4, 0.5) is 0 Å². The second-order valence-electron chi connectivity index (χ2n) is 7.77. The molecule has 0 aliphatic carbocycles. The van der Waals surface area contributed by atoms with E-state index in [4.69, 9.17) is 33.3 Å². The molecule has 1 saturated heterocycles. The molecule has 1 fully saturated rings. The summed E-state index contributed by atoms with van der Waals surface area (Å²) >= 11 is 12.5. The number of carbonyl (C=O) groups is 3. The summed E-state index contributed by atoms with van der Waals surface area (Å²) in [6.07, 6.45) is 4.10. The predicted octanol–water partition coefficient (Wildman–Crippen LogP) is 4.29. The number of ether oxygens (including phenoxy) is 2. The molecule has 3 amide bonds. The number of nitrogens with one attached hydrogen (secondary N) is 2. The van der Waals surface area contributed by atoms with Crippen molar-refractivity contribution in [3.8, 4) is 11.5 Å². The van der Waals surface area contributed by atoms with Crippen LogP contribution in [0.15, 0.2) is 47.4 Å². The standard InChI is InChI=1S/C24H22ClN3O5S2/c25-17-8-6-16(7-9-17)22(30)27-26-21(29)4-2-1-3-11-28-23(31)20(35-24(28)34)13-15-5-10-18-19(12-15)33-14-32-18/h5-10,12-13H,1-4,11,14H2,(H,26,29)(H,27,30)/b20-13-. The number of thioether (sulfide) groups is 1. The zero-order chi connectivity index (χ0) is 24.8. The summed E-state index contributed by atoms with van der Waals surface area (Å²) in [6.45, 7) is 0.679. The SMILES string of the molecule is O=C(CCCCCN1C(=O)/C(=C/c2ccc3c(c2)OCO3)SC1=S)NNC(=O)c1ccc(Cl)cc1. The molecule has 2 aliphatic rings. The van der Waals surface area contributed by atoms with E-state index < -0.39 is 5.91 Å². The van der Waals surface area contributed by atoms with Crippen LogP contribution in [0.1, 0.15) is 41.6 Å². The summed E-state index contributed by atoms with van der Waals surface area (Å²) in [4.78, 5) is 38.9. The van der Waals surface area contributed by atoms with Crippen LogP contribution in [0.2, 0.25) is 5.02 Å². The number of nitrogens with zero attached hydrogens (tertiary/aromatic N) is 1. The maximum absolute atomic E-state index is 12.8. The van der Waals surface area contributed by atoms with E-state index in [-0.39, 0.29) is 25.0 Å². The highest BCUT2D eigenvalue weighted by atomic mass is 35.5. The van der Waals surface area contributed by atoms with Gasteiger partial charge in [0, 0.05) is 23.6 Å². The highest BCUT2D eigenvalue weighted by Crippen LogP contribution is 2.36. The molecule has 2 aromatic rings. The van der Waals surface area contributed by atoms with Gasteiger partial charge in [-0.05, 0) is 60.9 Å². The van der Waals surface area contributed by atoms with Gasteiger partial charge in [0.05, 0.1) is 4.91 Å². The Morgan fingerprint density at radius 2 is 1.83 bits per heavy atom. The molecule has 35 heavy (non-hydrogen) atoms. The third-order valence-corrected chi connectivity index (χ3v) is 6.91. The maximum atomic E-state index is 12.8. The minimum Gasteiger partial charge on any atom is -0.454 e. The van der Waals surface area contributed by atoms with Gasteiger partial charge < -0.3 is 9.47 Å². The molecular weight excluding hydrogens is 510 g/mol. The van der Waals surface area contributed by atoms with Gasteiger partial charge in [0.1, 0.15) is 4.32 Å². The van der Waals surface area contributed by atoms with Crippen LogP contribution in [-0.2, 0) is 9.59 Å². The minimum absolute atomic E-state index is 0.125. The predicted molar refractivity (Wildman–Crippen MR) is 138 cm³/mol. The number of hydrazine groups is 1. The number of hydrogen-bond donors (Lipinski definition) is 2. The van der Waals surface area contributed by atoms with Gasteiger partial charge >= 0.3 is 0 Å². The number of carbonyl (C=O) groups excluding carboxylic acids is 3. The van der Waals surface area contributed by atoms with Crippen molar-refractivity contribution in [1.29, 1.82) is 0 Å². The van der Waals surface area contributed by atoms with Crippen molar-refractivity contribution < 1.29 is 23.9 Å². The summed E-state index contributed by atoms with van der Waals surface area (Å²) in [5.41, 5.74) is 6.01. The molecule has 8 nitrogen and oxygen atoms in total. The van der Waals surface area contributed by atoms with E-state index in [1.807, 2.05) is 18.2 Å². The number of hydrogen-bond acceptors (Lipinski definition) is 7. The Balaban J connectivity index is 1.16. The van der Waals surface area contributed by atoms with Gasteiger partial charge in [-0.3, -0.25) is 30.1 Å². The Morgan fingerprint density at radius 3 is 2.63 bits per heavy atom. The molecular formula is C24H22ClN3O5S2. The van der Waals surface area contributed by atoms with E-state index >= 15 is 0 Å². The lowest BCUT2D eigenvalue weighted by Crippen LogP contribution is -2.41. The average Bonchev–Trinajstić information content (AvgIpc) is 3.42. The van der Waals surface area contributed by atoms with Crippen LogP contribution >= 0.6 is 35.6 Å². The number of thiocarbonyl (C=S) groups is 1. The van der Waals surface area contributed by atoms with E-state index in [0.29, 0.717) is 50.7 Å². The zero-order valence-corrected chi connectivity index (χ0v) is 20.9. The Labute approximate surface area is 216 Å². The molecule has 2 N–H and O–H groups in total.